The van der Waals surface area contributed by atoms with Crippen molar-refractivity contribution >= 4 is 37.4 Å². The van der Waals surface area contributed by atoms with Gasteiger partial charge in [0.25, 0.3) is 5.91 Å². The normalized spacial score (nSPS) is 11.4. The number of carbonyl (C=O) groups excluding carboxylic acids is 1. The molecular weight excluding hydrogens is 494 g/mol. The molecule has 6 nitrogen and oxygen atoms in total. The van der Waals surface area contributed by atoms with Gasteiger partial charge in [0.1, 0.15) is 16.4 Å². The second kappa shape index (κ2) is 9.34. The Labute approximate surface area is 196 Å². The van der Waals surface area contributed by atoms with E-state index in [9.17, 15) is 18.3 Å². The summed E-state index contributed by atoms with van der Waals surface area (Å²) in [5, 5.41) is 13.6. The van der Waals surface area contributed by atoms with Crippen molar-refractivity contribution in [2.24, 2.45) is 0 Å². The number of hydrogen-bond acceptors (Lipinski definition) is 5. The minimum absolute atomic E-state index is 0.0197. The number of nitrogens with one attached hydrogen (secondary N) is 1. The van der Waals surface area contributed by atoms with E-state index in [1.807, 2.05) is 13.8 Å². The molecule has 0 unspecified atom stereocenters. The molecule has 0 aromatic heterocycles. The van der Waals surface area contributed by atoms with Gasteiger partial charge in [-0.15, -0.1) is 0 Å². The lowest BCUT2D eigenvalue weighted by atomic mass is 9.98. The molecule has 0 spiro atoms. The molecule has 168 valence electrons. The topological polar surface area (TPSA) is 92.7 Å². The zero-order valence-corrected chi connectivity index (χ0v) is 20.5. The van der Waals surface area contributed by atoms with Crippen LogP contribution in [0.15, 0.2) is 68.9 Å². The second-order valence-corrected chi connectivity index (χ2v) is 10.4. The van der Waals surface area contributed by atoms with Gasteiger partial charge in [-0.25, -0.2) is 8.42 Å². The fourth-order valence-electron chi connectivity index (χ4n) is 3.41. The Kier molecular flexibility index (Phi) is 6.95. The van der Waals surface area contributed by atoms with Crippen molar-refractivity contribution in [2.45, 2.75) is 36.5 Å². The maximum atomic E-state index is 13.6. The number of halogens is 1. The van der Waals surface area contributed by atoms with Crippen LogP contribution in [0.3, 0.4) is 0 Å². The highest BCUT2D eigenvalue weighted by molar-refractivity contribution is 9.10. The predicted molar refractivity (Wildman–Crippen MR) is 127 cm³/mol. The molecule has 1 amide bonds. The number of phenols is 1. The van der Waals surface area contributed by atoms with Crippen LogP contribution >= 0.6 is 15.9 Å². The number of anilines is 1. The standard InChI is InChI=1S/C24H24BrNO5S/c1-14(2)21-20(26-24(28)16-5-7-17(25)8-6-16)13-15(3)22(27)23(21)32(29,30)19-11-9-18(31-4)10-12-19/h5-14,27H,1-4H3,(H,26,28). The molecule has 0 aliphatic rings. The minimum atomic E-state index is -4.08. The predicted octanol–water partition coefficient (Wildman–Crippen LogP) is 5.68. The van der Waals surface area contributed by atoms with Gasteiger partial charge >= 0.3 is 0 Å². The smallest absolute Gasteiger partial charge is 0.255 e. The monoisotopic (exact) mass is 517 g/mol. The average molecular weight is 518 g/mol. The van der Waals surface area contributed by atoms with E-state index in [0.29, 0.717) is 28.1 Å². The third kappa shape index (κ3) is 4.66. The molecule has 3 aromatic rings. The Hall–Kier alpha value is -2.84. The van der Waals surface area contributed by atoms with Crippen molar-refractivity contribution < 1.29 is 23.1 Å². The molecule has 0 saturated carbocycles. The van der Waals surface area contributed by atoms with Gasteiger partial charge in [-0.2, -0.15) is 0 Å². The van der Waals surface area contributed by atoms with Gasteiger partial charge in [0, 0.05) is 21.3 Å². The molecule has 0 aliphatic carbocycles. The largest absolute Gasteiger partial charge is 0.506 e. The van der Waals surface area contributed by atoms with Crippen LogP contribution in [0.2, 0.25) is 0 Å². The molecular formula is C24H24BrNO5S. The molecule has 0 atom stereocenters. The van der Waals surface area contributed by atoms with Gasteiger partial charge in [0.2, 0.25) is 9.84 Å². The van der Waals surface area contributed by atoms with Crippen LogP contribution in [-0.2, 0) is 9.84 Å². The highest BCUT2D eigenvalue weighted by Gasteiger charge is 2.30. The van der Waals surface area contributed by atoms with Crippen LogP contribution in [0.4, 0.5) is 5.69 Å². The maximum absolute atomic E-state index is 13.6. The number of phenolic OH excluding ortho intramolecular Hbond substituents is 1. The second-order valence-electron chi connectivity index (χ2n) is 7.63. The molecule has 0 radical (unpaired) electrons. The van der Waals surface area contributed by atoms with Crippen LogP contribution in [0.5, 0.6) is 11.5 Å². The summed E-state index contributed by atoms with van der Waals surface area (Å²) in [6, 6.07) is 14.4. The van der Waals surface area contributed by atoms with Gasteiger partial charge in [-0.3, -0.25) is 4.79 Å². The van der Waals surface area contributed by atoms with E-state index in [-0.39, 0.29) is 27.4 Å². The van der Waals surface area contributed by atoms with Crippen LogP contribution in [-0.4, -0.2) is 26.5 Å². The molecule has 3 rings (SSSR count). The maximum Gasteiger partial charge on any atom is 0.255 e. The lowest BCUT2D eigenvalue weighted by Crippen LogP contribution is -2.16. The molecule has 3 aromatic carbocycles. The number of aryl methyl sites for hydroxylation is 1. The van der Waals surface area contributed by atoms with Crippen molar-refractivity contribution in [3.8, 4) is 11.5 Å². The van der Waals surface area contributed by atoms with Crippen molar-refractivity contribution in [3.63, 3.8) is 0 Å². The van der Waals surface area contributed by atoms with Crippen molar-refractivity contribution in [2.75, 3.05) is 12.4 Å². The fourth-order valence-corrected chi connectivity index (χ4v) is 5.45. The van der Waals surface area contributed by atoms with Crippen molar-refractivity contribution in [3.05, 3.63) is 75.8 Å². The molecule has 0 heterocycles. The van der Waals surface area contributed by atoms with Crippen LogP contribution < -0.4 is 10.1 Å². The first kappa shape index (κ1) is 23.8. The molecule has 2 N–H and O–H groups in total. The SMILES string of the molecule is COc1ccc(S(=O)(=O)c2c(O)c(C)cc(NC(=O)c3ccc(Br)cc3)c2C(C)C)cc1. The molecule has 32 heavy (non-hydrogen) atoms. The van der Waals surface area contributed by atoms with Crippen LogP contribution in [0.1, 0.15) is 41.3 Å². The number of hydrogen-bond donors (Lipinski definition) is 2. The summed E-state index contributed by atoms with van der Waals surface area (Å²) >= 11 is 3.34. The Morgan fingerprint density at radius 1 is 1.06 bits per heavy atom. The van der Waals surface area contributed by atoms with Gasteiger partial charge in [-0.1, -0.05) is 29.8 Å². The summed E-state index contributed by atoms with van der Waals surface area (Å²) in [4.78, 5) is 12.7. The van der Waals surface area contributed by atoms with E-state index in [0.717, 1.165) is 4.47 Å². The van der Waals surface area contributed by atoms with E-state index in [2.05, 4.69) is 21.2 Å². The number of ether oxygens (including phenoxy) is 1. The molecule has 0 aliphatic heterocycles. The highest BCUT2D eigenvalue weighted by atomic mass is 79.9. The Morgan fingerprint density at radius 2 is 1.66 bits per heavy atom. The zero-order valence-electron chi connectivity index (χ0n) is 18.1. The van der Waals surface area contributed by atoms with Gasteiger partial charge in [-0.05, 0) is 73.0 Å². The van der Waals surface area contributed by atoms with Crippen LogP contribution in [0, 0.1) is 6.92 Å². The first-order valence-electron chi connectivity index (χ1n) is 9.88. The number of rotatable bonds is 6. The summed E-state index contributed by atoms with van der Waals surface area (Å²) < 4.78 is 33.1. The number of amides is 1. The zero-order chi connectivity index (χ0) is 23.6. The van der Waals surface area contributed by atoms with E-state index in [1.54, 1.807) is 49.4 Å². The van der Waals surface area contributed by atoms with Crippen LogP contribution in [0.25, 0.3) is 0 Å². The third-order valence-electron chi connectivity index (χ3n) is 5.05. The van der Waals surface area contributed by atoms with E-state index < -0.39 is 9.84 Å². The molecule has 0 bridgehead atoms. The van der Waals surface area contributed by atoms with E-state index in [1.165, 1.54) is 19.2 Å². The lowest BCUT2D eigenvalue weighted by molar-refractivity contribution is 0.102. The lowest BCUT2D eigenvalue weighted by Gasteiger charge is -2.21. The highest BCUT2D eigenvalue weighted by Crippen LogP contribution is 2.42. The van der Waals surface area contributed by atoms with Crippen molar-refractivity contribution in [1.29, 1.82) is 0 Å². The molecule has 8 heteroatoms. The molecule has 0 saturated heterocycles. The Balaban J connectivity index is 2.16. The Morgan fingerprint density at radius 3 is 2.19 bits per heavy atom. The van der Waals surface area contributed by atoms with Gasteiger partial charge < -0.3 is 15.2 Å². The number of benzene rings is 3. The number of methoxy groups -OCH3 is 1. The first-order chi connectivity index (χ1) is 15.1. The van der Waals surface area contributed by atoms with Crippen molar-refractivity contribution in [1.82, 2.24) is 0 Å². The summed E-state index contributed by atoms with van der Waals surface area (Å²) in [7, 11) is -2.59. The number of carbonyl (C=O) groups is 1. The van der Waals surface area contributed by atoms with Gasteiger partial charge in [0.05, 0.1) is 12.0 Å². The number of sulfone groups is 1. The minimum Gasteiger partial charge on any atom is -0.506 e. The molecule has 0 fully saturated rings. The van der Waals surface area contributed by atoms with E-state index in [4.69, 9.17) is 4.74 Å². The summed E-state index contributed by atoms with van der Waals surface area (Å²) in [6.45, 7) is 5.22. The summed E-state index contributed by atoms with van der Waals surface area (Å²) in [5.41, 5.74) is 1.45. The quantitative estimate of drug-likeness (QED) is 0.410. The summed E-state index contributed by atoms with van der Waals surface area (Å²) in [6.07, 6.45) is 0. The first-order valence-corrected chi connectivity index (χ1v) is 12.2. The third-order valence-corrected chi connectivity index (χ3v) is 7.43. The average Bonchev–Trinajstić information content (AvgIpc) is 2.75. The van der Waals surface area contributed by atoms with E-state index >= 15 is 0 Å². The summed E-state index contributed by atoms with van der Waals surface area (Å²) in [5.74, 6) is -0.489. The van der Waals surface area contributed by atoms with Gasteiger partial charge in [0.15, 0.2) is 0 Å². The number of aromatic hydroxyl groups is 1. The Bertz CT molecular complexity index is 1250. The fraction of sp³-hybridized carbons (Fsp3) is 0.208.